The number of nitrogens with zero attached hydrogens (tertiary/aromatic N) is 1. The molecule has 1 aliphatic rings. The van der Waals surface area contributed by atoms with Gasteiger partial charge in [0.05, 0.1) is 17.8 Å². The molecule has 158 valence electrons. The maximum Gasteiger partial charge on any atom is 0.266 e. The van der Waals surface area contributed by atoms with Crippen LogP contribution in [0, 0.1) is 5.82 Å². The van der Waals surface area contributed by atoms with Crippen LogP contribution in [0.15, 0.2) is 42.7 Å². The normalized spacial score (nSPS) is 14.7. The predicted octanol–water partition coefficient (Wildman–Crippen LogP) is 2.36. The molecular formula is C20H19ClFN3O5. The molecule has 0 spiro atoms. The van der Waals surface area contributed by atoms with E-state index in [1.54, 1.807) is 12.1 Å². The lowest BCUT2D eigenvalue weighted by Crippen LogP contribution is -2.44. The molecule has 0 fully saturated rings. The number of ether oxygens (including phenoxy) is 3. The molecule has 3 rings (SSSR count). The Bertz CT molecular complexity index is 985. The smallest absolute Gasteiger partial charge is 0.266 e. The van der Waals surface area contributed by atoms with Crippen LogP contribution < -0.4 is 24.8 Å². The van der Waals surface area contributed by atoms with Crippen LogP contribution >= 0.6 is 11.6 Å². The van der Waals surface area contributed by atoms with E-state index in [-0.39, 0.29) is 16.6 Å². The van der Waals surface area contributed by atoms with E-state index in [9.17, 15) is 14.0 Å². The number of aryl methyl sites for hydroxylation is 1. The van der Waals surface area contributed by atoms with E-state index < -0.39 is 30.3 Å². The summed E-state index contributed by atoms with van der Waals surface area (Å²) in [7, 11) is 1.52. The third-order valence-electron chi connectivity index (χ3n) is 4.15. The maximum absolute atomic E-state index is 13.4. The van der Waals surface area contributed by atoms with Gasteiger partial charge in [-0.2, -0.15) is 0 Å². The number of carbonyl (C=O) groups is 2. The number of halogens is 2. The molecule has 0 bridgehead atoms. The first-order valence-electron chi connectivity index (χ1n) is 8.93. The number of fused-ring (bicyclic) bond motifs is 1. The molecule has 2 heterocycles. The zero-order valence-corrected chi connectivity index (χ0v) is 16.8. The first-order chi connectivity index (χ1) is 14.4. The van der Waals surface area contributed by atoms with E-state index in [0.717, 1.165) is 6.07 Å². The Morgan fingerprint density at radius 3 is 2.87 bits per heavy atom. The van der Waals surface area contributed by atoms with Crippen molar-refractivity contribution in [3.8, 4) is 17.4 Å². The third-order valence-corrected chi connectivity index (χ3v) is 4.45. The van der Waals surface area contributed by atoms with Gasteiger partial charge in [-0.25, -0.2) is 9.37 Å². The van der Waals surface area contributed by atoms with Gasteiger partial charge in [0.25, 0.3) is 11.8 Å². The highest BCUT2D eigenvalue weighted by Crippen LogP contribution is 2.28. The van der Waals surface area contributed by atoms with E-state index in [2.05, 4.69) is 22.2 Å². The van der Waals surface area contributed by atoms with Crippen molar-refractivity contribution in [1.82, 2.24) is 15.6 Å². The number of benzene rings is 1. The summed E-state index contributed by atoms with van der Waals surface area (Å²) in [6.45, 7) is 3.19. The monoisotopic (exact) mass is 435 g/mol. The van der Waals surface area contributed by atoms with Crippen LogP contribution in [0.25, 0.3) is 0 Å². The van der Waals surface area contributed by atoms with Crippen molar-refractivity contribution in [1.29, 1.82) is 0 Å². The van der Waals surface area contributed by atoms with Gasteiger partial charge in [0.2, 0.25) is 5.88 Å². The largest absolute Gasteiger partial charge is 0.484 e. The molecule has 0 unspecified atom stereocenters. The Morgan fingerprint density at radius 2 is 2.13 bits per heavy atom. The van der Waals surface area contributed by atoms with Gasteiger partial charge < -0.3 is 24.8 Å². The predicted molar refractivity (Wildman–Crippen MR) is 106 cm³/mol. The number of hydrogen-bond donors (Lipinski definition) is 2. The van der Waals surface area contributed by atoms with E-state index >= 15 is 0 Å². The average Bonchev–Trinajstić information content (AvgIpc) is 2.73. The van der Waals surface area contributed by atoms with Gasteiger partial charge in [0, 0.05) is 12.1 Å². The second-order valence-electron chi connectivity index (χ2n) is 6.32. The molecule has 1 aromatic carbocycles. The van der Waals surface area contributed by atoms with Crippen LogP contribution in [-0.2, 0) is 16.0 Å². The summed E-state index contributed by atoms with van der Waals surface area (Å²) in [6, 6.07) is 7.14. The fourth-order valence-corrected chi connectivity index (χ4v) is 2.83. The SMILES string of the molecule is C=C(NC(=O)COc1ccc(Cl)c(F)c1)NC(=O)[C@H]1CCc2nc(OC)ccc2O1. The summed E-state index contributed by atoms with van der Waals surface area (Å²) in [4.78, 5) is 28.6. The van der Waals surface area contributed by atoms with E-state index in [4.69, 9.17) is 25.8 Å². The minimum absolute atomic E-state index is 0.0295. The van der Waals surface area contributed by atoms with Crippen LogP contribution in [0.2, 0.25) is 5.02 Å². The maximum atomic E-state index is 13.4. The Hall–Kier alpha value is -3.33. The van der Waals surface area contributed by atoms with Crippen molar-refractivity contribution >= 4 is 23.4 Å². The highest BCUT2D eigenvalue weighted by Gasteiger charge is 2.27. The summed E-state index contributed by atoms with van der Waals surface area (Å²) >= 11 is 5.59. The highest BCUT2D eigenvalue weighted by molar-refractivity contribution is 6.30. The summed E-state index contributed by atoms with van der Waals surface area (Å²) in [5, 5.41) is 4.82. The van der Waals surface area contributed by atoms with Crippen LogP contribution in [0.3, 0.4) is 0 Å². The minimum atomic E-state index is -0.755. The van der Waals surface area contributed by atoms with Crippen molar-refractivity contribution in [3.05, 3.63) is 59.3 Å². The van der Waals surface area contributed by atoms with Crippen molar-refractivity contribution in [2.75, 3.05) is 13.7 Å². The number of methoxy groups -OCH3 is 1. The summed E-state index contributed by atoms with van der Waals surface area (Å²) in [6.07, 6.45) is 0.190. The molecule has 1 aliphatic heterocycles. The number of carbonyl (C=O) groups excluding carboxylic acids is 2. The Balaban J connectivity index is 1.46. The molecule has 0 aliphatic carbocycles. The number of rotatable bonds is 7. The van der Waals surface area contributed by atoms with Crippen molar-refractivity contribution in [3.63, 3.8) is 0 Å². The van der Waals surface area contributed by atoms with Gasteiger partial charge in [-0.1, -0.05) is 18.2 Å². The van der Waals surface area contributed by atoms with Crippen molar-refractivity contribution in [2.24, 2.45) is 0 Å². The van der Waals surface area contributed by atoms with Crippen molar-refractivity contribution in [2.45, 2.75) is 18.9 Å². The van der Waals surface area contributed by atoms with Crippen LogP contribution in [-0.4, -0.2) is 36.6 Å². The van der Waals surface area contributed by atoms with Crippen LogP contribution in [0.4, 0.5) is 4.39 Å². The van der Waals surface area contributed by atoms with Gasteiger partial charge in [0.1, 0.15) is 23.1 Å². The molecule has 0 saturated heterocycles. The quantitative estimate of drug-likeness (QED) is 0.692. The van der Waals surface area contributed by atoms with Gasteiger partial charge in [-0.3, -0.25) is 9.59 Å². The molecule has 2 amide bonds. The van der Waals surface area contributed by atoms with E-state index in [1.165, 1.54) is 19.2 Å². The molecule has 0 saturated carbocycles. The Labute approximate surface area is 177 Å². The Morgan fingerprint density at radius 1 is 1.33 bits per heavy atom. The minimum Gasteiger partial charge on any atom is -0.484 e. The molecule has 0 radical (unpaired) electrons. The number of amides is 2. The zero-order valence-electron chi connectivity index (χ0n) is 16.0. The van der Waals surface area contributed by atoms with E-state index in [1.807, 2.05) is 0 Å². The molecule has 1 aromatic heterocycles. The molecule has 8 nitrogen and oxygen atoms in total. The van der Waals surface area contributed by atoms with Crippen LogP contribution in [0.5, 0.6) is 17.4 Å². The lowest BCUT2D eigenvalue weighted by atomic mass is 10.1. The molecule has 30 heavy (non-hydrogen) atoms. The number of nitrogens with one attached hydrogen (secondary N) is 2. The van der Waals surface area contributed by atoms with Gasteiger partial charge in [0.15, 0.2) is 12.7 Å². The highest BCUT2D eigenvalue weighted by atomic mass is 35.5. The summed E-state index contributed by atoms with van der Waals surface area (Å²) in [5.74, 6) is -0.613. The number of pyridine rings is 1. The summed E-state index contributed by atoms with van der Waals surface area (Å²) in [5.41, 5.74) is 0.710. The topological polar surface area (TPSA) is 98.8 Å². The fraction of sp³-hybridized carbons (Fsp3) is 0.250. The number of aromatic nitrogens is 1. The Kier molecular flexibility index (Phi) is 6.73. The molecule has 2 N–H and O–H groups in total. The van der Waals surface area contributed by atoms with Gasteiger partial charge in [-0.15, -0.1) is 0 Å². The second-order valence-corrected chi connectivity index (χ2v) is 6.73. The second kappa shape index (κ2) is 9.45. The molecule has 2 aromatic rings. The first-order valence-corrected chi connectivity index (χ1v) is 9.31. The molecule has 1 atom stereocenters. The third kappa shape index (κ3) is 5.38. The number of hydrogen-bond acceptors (Lipinski definition) is 6. The van der Waals surface area contributed by atoms with Crippen molar-refractivity contribution < 1.29 is 28.2 Å². The molecular weight excluding hydrogens is 417 g/mol. The zero-order chi connectivity index (χ0) is 21.7. The van der Waals surface area contributed by atoms with Gasteiger partial charge in [-0.05, 0) is 31.0 Å². The first kappa shape index (κ1) is 21.4. The standard InChI is InChI=1S/C20H19ClFN3O5/c1-11(23-18(26)10-29-12-3-4-13(21)14(22)9-12)24-20(27)17-6-5-15-16(30-17)7-8-19(25-15)28-2/h3-4,7-9,17H,1,5-6,10H2,2H3,(H,23,26)(H,24,27)/t17-/m1/s1. The molecule has 10 heteroatoms. The lowest BCUT2D eigenvalue weighted by molar-refractivity contribution is -0.128. The average molecular weight is 436 g/mol. The van der Waals surface area contributed by atoms with Gasteiger partial charge >= 0.3 is 0 Å². The summed E-state index contributed by atoms with van der Waals surface area (Å²) < 4.78 is 29.3. The fourth-order valence-electron chi connectivity index (χ4n) is 2.71. The lowest BCUT2D eigenvalue weighted by Gasteiger charge is -2.25. The van der Waals surface area contributed by atoms with Crippen LogP contribution in [0.1, 0.15) is 12.1 Å². The van der Waals surface area contributed by atoms with E-state index in [0.29, 0.717) is 30.2 Å².